The van der Waals surface area contributed by atoms with Crippen molar-refractivity contribution in [2.75, 3.05) is 16.0 Å². The summed E-state index contributed by atoms with van der Waals surface area (Å²) in [5.74, 6) is -0.319. The van der Waals surface area contributed by atoms with Crippen molar-refractivity contribution in [3.8, 4) is 11.5 Å². The third-order valence-corrected chi connectivity index (χ3v) is 7.78. The van der Waals surface area contributed by atoms with Gasteiger partial charge in [-0.05, 0) is 98.4 Å². The molecule has 0 spiro atoms. The topological polar surface area (TPSA) is 129 Å². The number of nitrogens with one attached hydrogen (secondary N) is 4. The predicted octanol–water partition coefficient (Wildman–Crippen LogP) is 9.82. The fourth-order valence-corrected chi connectivity index (χ4v) is 5.53. The van der Waals surface area contributed by atoms with E-state index in [-0.39, 0.29) is 45.2 Å². The molecule has 0 saturated heterocycles. The van der Waals surface area contributed by atoms with Crippen molar-refractivity contribution < 1.29 is 33.6 Å². The lowest BCUT2D eigenvalue weighted by Crippen LogP contribution is -2.28. The molecule has 0 heterocycles. The molecule has 0 aromatic heterocycles. The van der Waals surface area contributed by atoms with Gasteiger partial charge in [0.2, 0.25) is 0 Å². The molecular weight excluding hydrogens is 767 g/mol. The monoisotopic (exact) mass is 794 g/mol. The molecule has 8 N–H and O–H groups in total. The molecule has 0 bridgehead atoms. The minimum atomic E-state index is -4.38. The summed E-state index contributed by atoms with van der Waals surface area (Å²) in [4.78, 5) is 0. The molecule has 4 aromatic rings. The third-order valence-electron chi connectivity index (χ3n) is 6.46. The van der Waals surface area contributed by atoms with Gasteiger partial charge in [0.05, 0.1) is 29.1 Å². The first kappa shape index (κ1) is 40.2. The summed E-state index contributed by atoms with van der Waals surface area (Å²) >= 11 is 34.1. The minimum Gasteiger partial charge on any atom is -0.505 e. The van der Waals surface area contributed by atoms with Crippen LogP contribution < -0.4 is 21.3 Å². The van der Waals surface area contributed by atoms with Gasteiger partial charge in [-0.1, -0.05) is 58.5 Å². The molecule has 8 nitrogen and oxygen atoms in total. The van der Waals surface area contributed by atoms with E-state index in [1.165, 1.54) is 50.2 Å². The van der Waals surface area contributed by atoms with Crippen LogP contribution in [-0.4, -0.2) is 30.7 Å². The molecule has 0 aliphatic carbocycles. The second kappa shape index (κ2) is 17.6. The first-order valence-electron chi connectivity index (χ1n) is 14.0. The second-order valence-electron chi connectivity index (χ2n) is 10.4. The maximum absolute atomic E-state index is 12.5. The summed E-state index contributed by atoms with van der Waals surface area (Å²) in [5, 5.41) is 52.8. The molecular formula is C32H29Cl4F3N4O4S2. The number of benzene rings is 4. The Kier molecular flexibility index (Phi) is 14.4. The van der Waals surface area contributed by atoms with E-state index in [1.54, 1.807) is 18.2 Å². The van der Waals surface area contributed by atoms with Crippen LogP contribution in [0.2, 0.25) is 20.1 Å². The van der Waals surface area contributed by atoms with Gasteiger partial charge >= 0.3 is 6.18 Å². The molecule has 2 atom stereocenters. The van der Waals surface area contributed by atoms with Crippen LogP contribution in [0, 0.1) is 0 Å². The summed E-state index contributed by atoms with van der Waals surface area (Å²) in [7, 11) is 0. The number of aliphatic hydroxyl groups is 2. The number of hydrogen-bond donors (Lipinski definition) is 8. The molecule has 0 saturated carbocycles. The largest absolute Gasteiger partial charge is 0.505 e. The highest BCUT2D eigenvalue weighted by atomic mass is 35.5. The van der Waals surface area contributed by atoms with Gasteiger partial charge in [-0.15, -0.1) is 0 Å². The lowest BCUT2D eigenvalue weighted by molar-refractivity contribution is -0.137. The van der Waals surface area contributed by atoms with Crippen LogP contribution in [0.15, 0.2) is 66.7 Å². The highest BCUT2D eigenvalue weighted by molar-refractivity contribution is 7.80. The van der Waals surface area contributed by atoms with E-state index in [0.29, 0.717) is 36.9 Å². The maximum Gasteiger partial charge on any atom is 0.416 e. The molecule has 2 unspecified atom stereocenters. The summed E-state index contributed by atoms with van der Waals surface area (Å²) in [5.41, 5.74) is 1.49. The lowest BCUT2D eigenvalue weighted by Gasteiger charge is -2.16. The van der Waals surface area contributed by atoms with Crippen molar-refractivity contribution >= 4 is 98.1 Å². The van der Waals surface area contributed by atoms with E-state index < -0.39 is 23.9 Å². The smallest absolute Gasteiger partial charge is 0.416 e. The van der Waals surface area contributed by atoms with Gasteiger partial charge < -0.3 is 41.7 Å². The number of phenols is 2. The van der Waals surface area contributed by atoms with Crippen LogP contribution in [-0.2, 0) is 12.7 Å². The average Bonchev–Trinajstić information content (AvgIpc) is 2.98. The minimum absolute atomic E-state index is 0.127. The molecule has 17 heteroatoms. The van der Waals surface area contributed by atoms with Gasteiger partial charge in [-0.25, -0.2) is 0 Å². The van der Waals surface area contributed by atoms with E-state index >= 15 is 0 Å². The van der Waals surface area contributed by atoms with Gasteiger partial charge in [0.15, 0.2) is 10.2 Å². The van der Waals surface area contributed by atoms with Crippen LogP contribution in [0.1, 0.15) is 48.3 Å². The van der Waals surface area contributed by atoms with Gasteiger partial charge in [0, 0.05) is 43.4 Å². The van der Waals surface area contributed by atoms with E-state index in [2.05, 4.69) is 21.3 Å². The Hall–Kier alpha value is -3.27. The van der Waals surface area contributed by atoms with E-state index in [9.17, 15) is 33.6 Å². The Morgan fingerprint density at radius 2 is 1.10 bits per heavy atom. The summed E-state index contributed by atoms with van der Waals surface area (Å²) in [6.45, 7) is 3.20. The second-order valence-corrected chi connectivity index (χ2v) is 12.9. The van der Waals surface area contributed by atoms with Crippen LogP contribution in [0.4, 0.5) is 30.2 Å². The normalized spacial score (nSPS) is 12.2. The lowest BCUT2D eigenvalue weighted by atomic mass is 10.1. The highest BCUT2D eigenvalue weighted by Gasteiger charge is 2.29. The fraction of sp³-hybridized carbons (Fsp3) is 0.188. The molecule has 0 aliphatic heterocycles. The predicted molar refractivity (Wildman–Crippen MR) is 198 cm³/mol. The molecule has 0 aliphatic rings. The van der Waals surface area contributed by atoms with Crippen LogP contribution in [0.25, 0.3) is 0 Å². The molecule has 0 fully saturated rings. The molecule has 4 rings (SSSR count). The number of anilines is 3. The number of halogens is 7. The van der Waals surface area contributed by atoms with Crippen molar-refractivity contribution in [3.63, 3.8) is 0 Å². The maximum atomic E-state index is 12.5. The number of phenolic OH excluding ortho intramolecular Hbond substituents is 2. The number of aromatic hydroxyl groups is 2. The van der Waals surface area contributed by atoms with Crippen molar-refractivity contribution in [1.29, 1.82) is 0 Å². The number of thiocarbonyl (C=S) groups is 2. The van der Waals surface area contributed by atoms with Crippen molar-refractivity contribution in [1.82, 2.24) is 5.32 Å². The number of rotatable bonds is 7. The van der Waals surface area contributed by atoms with Crippen LogP contribution in [0.3, 0.4) is 0 Å². The first-order valence-corrected chi connectivity index (χ1v) is 16.3. The summed E-state index contributed by atoms with van der Waals surface area (Å²) < 4.78 is 37.6. The Balaban J connectivity index is 0.000000267. The molecule has 0 amide bonds. The van der Waals surface area contributed by atoms with Gasteiger partial charge in [0.1, 0.15) is 11.5 Å². The SMILES string of the molecule is CC(O)c1cc(Cl)cc(NC(=S)NCc2ccc(C(F)(F)F)cc2)c1O.CC(O)c1cc(Cl)cc(NC(=S)Nc2cc(Cl)cc(Cl)c2)c1O. The summed E-state index contributed by atoms with van der Waals surface area (Å²) in [6.07, 6.45) is -6.18. The molecule has 0 radical (unpaired) electrons. The van der Waals surface area contributed by atoms with Crippen molar-refractivity contribution in [2.45, 2.75) is 38.8 Å². The van der Waals surface area contributed by atoms with Crippen LogP contribution >= 0.6 is 70.8 Å². The van der Waals surface area contributed by atoms with Crippen molar-refractivity contribution in [2.24, 2.45) is 0 Å². The molecule has 262 valence electrons. The highest BCUT2D eigenvalue weighted by Crippen LogP contribution is 2.36. The Morgan fingerprint density at radius 3 is 1.53 bits per heavy atom. The first-order chi connectivity index (χ1) is 22.8. The fourth-order valence-electron chi connectivity index (χ4n) is 4.14. The quantitative estimate of drug-likeness (QED) is 0.0677. The number of hydrogen-bond acceptors (Lipinski definition) is 6. The Morgan fingerprint density at radius 1 is 0.673 bits per heavy atom. The molecule has 4 aromatic carbocycles. The molecule has 49 heavy (non-hydrogen) atoms. The zero-order valence-corrected chi connectivity index (χ0v) is 30.1. The zero-order valence-electron chi connectivity index (χ0n) is 25.5. The summed E-state index contributed by atoms with van der Waals surface area (Å²) in [6, 6.07) is 15.4. The standard InChI is InChI=1S/C17H16ClF3N2O2S.C15H13Cl3N2O2S/c1-9(24)13-6-12(18)7-14(15(13)25)23-16(26)22-8-10-2-4-11(5-3-10)17(19,20)21;1-7(21)12-5-10(18)6-13(14(12)22)20-15(23)19-11-3-8(16)2-9(17)4-11/h2-7,9,24-25H,8H2,1H3,(H2,22,23,26);2-7,21-22H,1H3,(H2,19,20,23). The van der Waals surface area contributed by atoms with E-state index in [0.717, 1.165) is 12.1 Å². The Labute approximate surface area is 310 Å². The van der Waals surface area contributed by atoms with E-state index in [1.807, 2.05) is 0 Å². The number of aliphatic hydroxyl groups excluding tert-OH is 2. The van der Waals surface area contributed by atoms with Gasteiger partial charge in [-0.2, -0.15) is 13.2 Å². The van der Waals surface area contributed by atoms with Gasteiger partial charge in [0.25, 0.3) is 0 Å². The number of alkyl halides is 3. The van der Waals surface area contributed by atoms with E-state index in [4.69, 9.17) is 70.8 Å². The van der Waals surface area contributed by atoms with Crippen molar-refractivity contribution in [3.05, 3.63) is 109 Å². The Bertz CT molecular complexity index is 1790. The third kappa shape index (κ3) is 12.2. The zero-order chi connectivity index (χ0) is 36.6. The van der Waals surface area contributed by atoms with Gasteiger partial charge in [-0.3, -0.25) is 0 Å². The van der Waals surface area contributed by atoms with Crippen LogP contribution in [0.5, 0.6) is 11.5 Å². The average molecular weight is 797 g/mol.